The molecule has 1 aromatic rings. The molecule has 0 bridgehead atoms. The third-order valence-corrected chi connectivity index (χ3v) is 8.98. The number of nitrogens with one attached hydrogen (secondary N) is 1. The number of nitrogens with zero attached hydrogens (tertiary/aromatic N) is 2. The van der Waals surface area contributed by atoms with Crippen molar-refractivity contribution in [1.29, 1.82) is 0 Å². The zero-order valence-corrected chi connectivity index (χ0v) is 24.1. The number of amides is 1. The molecule has 6 rings (SSSR count). The first kappa shape index (κ1) is 28.4. The normalized spacial score (nSPS) is 26.0. The van der Waals surface area contributed by atoms with Gasteiger partial charge in [-0.25, -0.2) is 9.18 Å². The van der Waals surface area contributed by atoms with E-state index in [1.54, 1.807) is 24.5 Å². The lowest BCUT2D eigenvalue weighted by atomic mass is 9.71. The number of aliphatic imine (C=N–C) groups is 1. The number of aliphatic hydroxyl groups is 1. The maximum atomic E-state index is 15.1. The lowest BCUT2D eigenvalue weighted by Crippen LogP contribution is -2.44. The molecule has 2 aliphatic carbocycles. The van der Waals surface area contributed by atoms with Gasteiger partial charge in [0.1, 0.15) is 19.0 Å². The van der Waals surface area contributed by atoms with E-state index in [1.165, 1.54) is 0 Å². The second kappa shape index (κ2) is 10.2. The summed E-state index contributed by atoms with van der Waals surface area (Å²) in [6.07, 6.45) is 0.633. The average Bonchev–Trinajstić information content (AvgIpc) is 3.32. The quantitative estimate of drug-likeness (QED) is 0.374. The highest BCUT2D eigenvalue weighted by Crippen LogP contribution is 2.48. The molecule has 0 spiro atoms. The Balaban J connectivity index is 1.44. The van der Waals surface area contributed by atoms with E-state index in [9.17, 15) is 24.3 Å². The summed E-state index contributed by atoms with van der Waals surface area (Å²) >= 11 is 0. The largest absolute Gasteiger partial charge is 0.458 e. The number of allylic oxidation sites excluding steroid dienone is 3. The number of ketones is 1. The molecule has 11 heteroatoms. The van der Waals surface area contributed by atoms with Crippen LogP contribution in [0.2, 0.25) is 0 Å². The fourth-order valence-corrected chi connectivity index (χ4v) is 6.79. The molecule has 10 nitrogen and oxygen atoms in total. The predicted molar refractivity (Wildman–Crippen MR) is 149 cm³/mol. The Bertz CT molecular complexity index is 1630. The molecule has 0 fully saturated rings. The lowest BCUT2D eigenvalue weighted by molar-refractivity contribution is -0.172. The predicted octanol–water partition coefficient (Wildman–Crippen LogP) is 2.59. The van der Waals surface area contributed by atoms with Gasteiger partial charge < -0.3 is 24.5 Å². The van der Waals surface area contributed by atoms with Gasteiger partial charge in [0.25, 0.3) is 5.56 Å². The zero-order chi connectivity index (χ0) is 30.1. The van der Waals surface area contributed by atoms with Crippen LogP contribution in [-0.2, 0) is 42.6 Å². The Kier molecular flexibility index (Phi) is 6.93. The van der Waals surface area contributed by atoms with E-state index in [1.807, 2.05) is 13.8 Å². The van der Waals surface area contributed by atoms with E-state index in [-0.39, 0.29) is 67.9 Å². The van der Waals surface area contributed by atoms with Gasteiger partial charge >= 0.3 is 5.97 Å². The number of halogens is 1. The number of cyclic esters (lactones) is 1. The van der Waals surface area contributed by atoms with Crippen molar-refractivity contribution in [3.8, 4) is 0 Å². The highest BCUT2D eigenvalue weighted by Gasteiger charge is 2.48. The summed E-state index contributed by atoms with van der Waals surface area (Å²) < 4.78 is 27.2. The van der Waals surface area contributed by atoms with E-state index < -0.39 is 35.1 Å². The van der Waals surface area contributed by atoms with Crippen LogP contribution < -0.4 is 10.9 Å². The Morgan fingerprint density at radius 3 is 2.76 bits per heavy atom. The summed E-state index contributed by atoms with van der Waals surface area (Å²) in [6, 6.07) is 0.613. The minimum atomic E-state index is -1.96. The van der Waals surface area contributed by atoms with Crippen molar-refractivity contribution in [3.05, 3.63) is 66.9 Å². The third kappa shape index (κ3) is 4.32. The molecule has 42 heavy (non-hydrogen) atoms. The number of esters is 1. The molecule has 3 atom stereocenters. The van der Waals surface area contributed by atoms with Crippen molar-refractivity contribution in [1.82, 2.24) is 9.88 Å². The lowest BCUT2D eigenvalue weighted by Gasteiger charge is -2.40. The van der Waals surface area contributed by atoms with E-state index in [0.717, 1.165) is 22.3 Å². The van der Waals surface area contributed by atoms with Crippen molar-refractivity contribution >= 4 is 23.4 Å². The number of rotatable bonds is 7. The van der Waals surface area contributed by atoms with Gasteiger partial charge in [-0.15, -0.1) is 0 Å². The number of hydrogen-bond acceptors (Lipinski definition) is 8. The molecule has 222 valence electrons. The second-order valence-electron chi connectivity index (χ2n) is 11.8. The van der Waals surface area contributed by atoms with Gasteiger partial charge in [0.2, 0.25) is 5.91 Å². The standard InChI is InChI=1S/C31H34FN3O7/c1-5-31(40)20-9-24-28-18(11-35(24)29(38)19(20)13-42-30(31)39)27-22(33-25(37)8-16(36)12-41-14(2)3)7-6-17-15(4)21(32)10-23(34-28)26(17)27/h9,14,22-23,40H,5-8,10-13H2,1-4H3,(H,33,37)/t22-,23?,31-/m0/s1. The number of ether oxygens (including phenoxy) is 2. The van der Waals surface area contributed by atoms with Gasteiger partial charge in [-0.1, -0.05) is 6.92 Å². The van der Waals surface area contributed by atoms with Crippen LogP contribution in [0.25, 0.3) is 0 Å². The first-order valence-corrected chi connectivity index (χ1v) is 14.4. The highest BCUT2D eigenvalue weighted by atomic mass is 19.1. The fraction of sp³-hybridized carbons (Fsp3) is 0.516. The van der Waals surface area contributed by atoms with E-state index in [4.69, 9.17) is 14.5 Å². The smallest absolute Gasteiger partial charge is 0.343 e. The number of Topliss-reactive ketones (excluding diaryl/α,β-unsaturated/α-hetero) is 1. The van der Waals surface area contributed by atoms with Gasteiger partial charge in [0, 0.05) is 17.6 Å². The Morgan fingerprint density at radius 1 is 1.29 bits per heavy atom. The molecule has 0 saturated heterocycles. The first-order chi connectivity index (χ1) is 19.9. The van der Waals surface area contributed by atoms with Crippen LogP contribution in [-0.4, -0.2) is 57.8 Å². The van der Waals surface area contributed by atoms with Crippen LogP contribution in [0.4, 0.5) is 4.39 Å². The van der Waals surface area contributed by atoms with Gasteiger partial charge in [0.15, 0.2) is 11.4 Å². The van der Waals surface area contributed by atoms with Crippen LogP contribution in [0, 0.1) is 0 Å². The minimum Gasteiger partial charge on any atom is -0.458 e. The second-order valence-corrected chi connectivity index (χ2v) is 11.8. The molecule has 2 N–H and O–H groups in total. The van der Waals surface area contributed by atoms with Crippen LogP contribution in [0.3, 0.4) is 0 Å². The zero-order valence-electron chi connectivity index (χ0n) is 24.1. The number of dihydropyridines is 1. The maximum absolute atomic E-state index is 15.1. The SMILES string of the molecule is CC[C@@]1(O)C(=O)OCc2c1cc1n(c2=O)CC2=C3C4=C(CC[C@@H]3NC(=O)CC(=O)COC(C)C)C(C)=C(F)CC4N=C21. The number of aromatic nitrogens is 1. The number of pyridine rings is 1. The Labute approximate surface area is 242 Å². The van der Waals surface area contributed by atoms with Crippen LogP contribution >= 0.6 is 0 Å². The number of hydrogen-bond donors (Lipinski definition) is 2. The van der Waals surface area contributed by atoms with Crippen molar-refractivity contribution in [2.45, 2.75) is 96.7 Å². The summed E-state index contributed by atoms with van der Waals surface area (Å²) in [5.41, 5.74) is 2.84. The Hall–Kier alpha value is -3.70. The van der Waals surface area contributed by atoms with Gasteiger partial charge in [-0.2, -0.15) is 0 Å². The average molecular weight is 580 g/mol. The van der Waals surface area contributed by atoms with Gasteiger partial charge in [-0.3, -0.25) is 19.4 Å². The molecule has 5 aliphatic rings. The third-order valence-electron chi connectivity index (χ3n) is 8.98. The monoisotopic (exact) mass is 579 g/mol. The van der Waals surface area contributed by atoms with Crippen molar-refractivity contribution < 1.29 is 33.4 Å². The van der Waals surface area contributed by atoms with Crippen LogP contribution in [0.5, 0.6) is 0 Å². The molecule has 0 saturated carbocycles. The summed E-state index contributed by atoms with van der Waals surface area (Å²) in [5.74, 6) is -1.82. The fourth-order valence-electron chi connectivity index (χ4n) is 6.79. The number of carbonyl (C=O) groups is 3. The molecule has 0 radical (unpaired) electrons. The van der Waals surface area contributed by atoms with Crippen LogP contribution in [0.1, 0.15) is 76.6 Å². The first-order valence-electron chi connectivity index (χ1n) is 14.4. The summed E-state index contributed by atoms with van der Waals surface area (Å²) in [7, 11) is 0. The molecule has 1 unspecified atom stereocenters. The molecule has 0 aromatic carbocycles. The topological polar surface area (TPSA) is 136 Å². The Morgan fingerprint density at radius 2 is 2.05 bits per heavy atom. The molecule has 4 heterocycles. The van der Waals surface area contributed by atoms with Crippen LogP contribution in [0.15, 0.2) is 49.5 Å². The summed E-state index contributed by atoms with van der Waals surface area (Å²) in [4.78, 5) is 56.6. The summed E-state index contributed by atoms with van der Waals surface area (Å²) in [6.45, 7) is 6.79. The molecule has 1 aromatic heterocycles. The molecular formula is C31H34FN3O7. The van der Waals surface area contributed by atoms with Gasteiger partial charge in [0.05, 0.1) is 48.1 Å². The van der Waals surface area contributed by atoms with E-state index in [0.29, 0.717) is 29.8 Å². The maximum Gasteiger partial charge on any atom is 0.343 e. The molecule has 1 amide bonds. The van der Waals surface area contributed by atoms with Crippen molar-refractivity contribution in [3.63, 3.8) is 0 Å². The van der Waals surface area contributed by atoms with Crippen molar-refractivity contribution in [2.75, 3.05) is 6.61 Å². The van der Waals surface area contributed by atoms with E-state index in [2.05, 4.69) is 5.32 Å². The van der Waals surface area contributed by atoms with Crippen molar-refractivity contribution in [2.24, 2.45) is 4.99 Å². The highest BCUT2D eigenvalue weighted by molar-refractivity contribution is 6.16. The molecular weight excluding hydrogens is 545 g/mol. The molecule has 3 aliphatic heterocycles. The number of carbonyl (C=O) groups excluding carboxylic acids is 3. The van der Waals surface area contributed by atoms with Gasteiger partial charge in [-0.05, 0) is 68.4 Å². The minimum absolute atomic E-state index is 0.0192. The van der Waals surface area contributed by atoms with E-state index >= 15 is 4.39 Å². The number of fused-ring (bicyclic) bond motifs is 4. The summed E-state index contributed by atoms with van der Waals surface area (Å²) in [5, 5.41) is 14.2.